The molecular weight excluding hydrogens is 188 g/mol. The minimum Gasteiger partial charge on any atom is -0.257 e. The van der Waals surface area contributed by atoms with E-state index in [-0.39, 0.29) is 6.61 Å². The van der Waals surface area contributed by atoms with Gasteiger partial charge in [0.05, 0.1) is 6.26 Å². The molecule has 0 heterocycles. The van der Waals surface area contributed by atoms with Gasteiger partial charge in [0.15, 0.2) is 0 Å². The van der Waals surface area contributed by atoms with E-state index in [0.29, 0.717) is 0 Å². The van der Waals surface area contributed by atoms with E-state index in [1.165, 1.54) is 11.6 Å². The SMILES string of the molecule is CS(=O)(=O)OCC#C/C=C/Cl. The summed E-state index contributed by atoms with van der Waals surface area (Å²) < 4.78 is 25.0. The fourth-order valence-electron chi connectivity index (χ4n) is 0.269. The molecule has 5 heteroatoms. The third-order valence-corrected chi connectivity index (χ3v) is 1.27. The highest BCUT2D eigenvalue weighted by atomic mass is 35.5. The molecule has 0 radical (unpaired) electrons. The number of hydrogen-bond acceptors (Lipinski definition) is 3. The van der Waals surface area contributed by atoms with Gasteiger partial charge < -0.3 is 0 Å². The molecule has 0 N–H and O–H groups in total. The monoisotopic (exact) mass is 194 g/mol. The van der Waals surface area contributed by atoms with E-state index in [2.05, 4.69) is 16.0 Å². The van der Waals surface area contributed by atoms with Crippen LogP contribution in [0.1, 0.15) is 0 Å². The summed E-state index contributed by atoms with van der Waals surface area (Å²) in [5.41, 5.74) is 1.23. The molecule has 0 amide bonds. The van der Waals surface area contributed by atoms with E-state index < -0.39 is 10.1 Å². The van der Waals surface area contributed by atoms with Gasteiger partial charge in [0, 0.05) is 5.54 Å². The second kappa shape index (κ2) is 5.19. The molecule has 0 aromatic carbocycles. The van der Waals surface area contributed by atoms with Gasteiger partial charge in [-0.15, -0.1) is 0 Å². The normalized spacial score (nSPS) is 11.1. The van der Waals surface area contributed by atoms with Crippen molar-refractivity contribution in [2.24, 2.45) is 0 Å². The average molecular weight is 195 g/mol. The zero-order valence-corrected chi connectivity index (χ0v) is 7.45. The van der Waals surface area contributed by atoms with Gasteiger partial charge in [-0.3, -0.25) is 4.18 Å². The first-order chi connectivity index (χ1) is 5.06. The van der Waals surface area contributed by atoms with Crippen molar-refractivity contribution in [2.75, 3.05) is 12.9 Å². The summed E-state index contributed by atoms with van der Waals surface area (Å²) in [5.74, 6) is 4.88. The molecular formula is C6H7ClO3S. The minimum absolute atomic E-state index is 0.139. The van der Waals surface area contributed by atoms with Crippen molar-refractivity contribution in [1.82, 2.24) is 0 Å². The fraction of sp³-hybridized carbons (Fsp3) is 0.333. The Morgan fingerprint density at radius 3 is 2.73 bits per heavy atom. The van der Waals surface area contributed by atoms with Crippen molar-refractivity contribution in [3.05, 3.63) is 11.6 Å². The molecule has 0 atom stereocenters. The molecule has 0 unspecified atom stereocenters. The molecule has 0 aliphatic heterocycles. The lowest BCUT2D eigenvalue weighted by Gasteiger charge is -1.90. The predicted molar refractivity (Wildman–Crippen MR) is 43.6 cm³/mol. The van der Waals surface area contributed by atoms with E-state index in [0.717, 1.165) is 6.26 Å². The van der Waals surface area contributed by atoms with Crippen LogP contribution in [0.25, 0.3) is 0 Å². The van der Waals surface area contributed by atoms with E-state index in [1.807, 2.05) is 0 Å². The molecule has 0 saturated heterocycles. The Labute approximate surface area is 71.1 Å². The van der Waals surface area contributed by atoms with E-state index in [4.69, 9.17) is 11.6 Å². The van der Waals surface area contributed by atoms with Gasteiger partial charge in [-0.1, -0.05) is 23.4 Å². The smallest absolute Gasteiger partial charge is 0.257 e. The lowest BCUT2D eigenvalue weighted by atomic mass is 10.6. The summed E-state index contributed by atoms with van der Waals surface area (Å²) in [6.07, 6.45) is 2.35. The highest BCUT2D eigenvalue weighted by Crippen LogP contribution is 1.83. The van der Waals surface area contributed by atoms with Crippen molar-refractivity contribution in [2.45, 2.75) is 0 Å². The maximum atomic E-state index is 10.3. The van der Waals surface area contributed by atoms with Crippen molar-refractivity contribution in [3.63, 3.8) is 0 Å². The average Bonchev–Trinajstić information content (AvgIpc) is 1.85. The van der Waals surface area contributed by atoms with Crippen LogP contribution in [-0.2, 0) is 14.3 Å². The van der Waals surface area contributed by atoms with Gasteiger partial charge in [0.2, 0.25) is 0 Å². The zero-order chi connectivity index (χ0) is 8.74. The Morgan fingerprint density at radius 2 is 2.27 bits per heavy atom. The van der Waals surface area contributed by atoms with Crippen molar-refractivity contribution < 1.29 is 12.6 Å². The summed E-state index contributed by atoms with van der Waals surface area (Å²) in [5, 5.41) is 0. The molecule has 0 rings (SSSR count). The Bertz CT molecular complexity index is 281. The largest absolute Gasteiger partial charge is 0.265 e. The Hall–Kier alpha value is -0.500. The van der Waals surface area contributed by atoms with E-state index in [1.54, 1.807) is 0 Å². The first-order valence-corrected chi connectivity index (χ1v) is 4.89. The van der Waals surface area contributed by atoms with Gasteiger partial charge >= 0.3 is 0 Å². The van der Waals surface area contributed by atoms with Gasteiger partial charge in [0.1, 0.15) is 6.61 Å². The molecule has 0 aromatic heterocycles. The van der Waals surface area contributed by atoms with E-state index in [9.17, 15) is 8.42 Å². The predicted octanol–water partition coefficient (Wildman–Crippen LogP) is 0.719. The van der Waals surface area contributed by atoms with Crippen LogP contribution in [0.4, 0.5) is 0 Å². The van der Waals surface area contributed by atoms with Crippen LogP contribution in [0.5, 0.6) is 0 Å². The second-order valence-electron chi connectivity index (χ2n) is 1.58. The molecule has 0 bridgehead atoms. The van der Waals surface area contributed by atoms with Crippen LogP contribution < -0.4 is 0 Å². The fourth-order valence-corrected chi connectivity index (χ4v) is 0.605. The third-order valence-electron chi connectivity index (χ3n) is 0.594. The Balaban J connectivity index is 3.70. The van der Waals surface area contributed by atoms with Gasteiger partial charge in [-0.05, 0) is 6.08 Å². The van der Waals surface area contributed by atoms with Gasteiger partial charge in [-0.25, -0.2) is 0 Å². The van der Waals surface area contributed by atoms with Crippen molar-refractivity contribution in [3.8, 4) is 11.8 Å². The standard InChI is InChI=1S/C6H7ClO3S/c1-11(8,9)10-6-4-2-3-5-7/h3,5H,6H2,1H3/b5-3+. The Kier molecular flexibility index (Phi) is 4.95. The number of allylic oxidation sites excluding steroid dienone is 1. The molecule has 0 fully saturated rings. The summed E-state index contributed by atoms with van der Waals surface area (Å²) in [4.78, 5) is 0. The molecule has 0 aliphatic carbocycles. The molecule has 0 spiro atoms. The van der Waals surface area contributed by atoms with Crippen LogP contribution in [0.15, 0.2) is 11.6 Å². The minimum atomic E-state index is -3.37. The second-order valence-corrected chi connectivity index (χ2v) is 3.48. The van der Waals surface area contributed by atoms with Gasteiger partial charge in [0.25, 0.3) is 10.1 Å². The van der Waals surface area contributed by atoms with Crippen LogP contribution in [0, 0.1) is 11.8 Å². The lowest BCUT2D eigenvalue weighted by Crippen LogP contribution is -2.02. The van der Waals surface area contributed by atoms with Crippen LogP contribution in [0.3, 0.4) is 0 Å². The summed E-state index contributed by atoms with van der Waals surface area (Å²) in [7, 11) is -3.37. The lowest BCUT2D eigenvalue weighted by molar-refractivity contribution is 0.368. The highest BCUT2D eigenvalue weighted by molar-refractivity contribution is 7.85. The number of halogens is 1. The van der Waals surface area contributed by atoms with Crippen molar-refractivity contribution in [1.29, 1.82) is 0 Å². The van der Waals surface area contributed by atoms with E-state index >= 15 is 0 Å². The molecule has 0 aromatic rings. The number of rotatable bonds is 2. The van der Waals surface area contributed by atoms with Gasteiger partial charge in [-0.2, -0.15) is 8.42 Å². The maximum Gasteiger partial charge on any atom is 0.265 e. The van der Waals surface area contributed by atoms with Crippen molar-refractivity contribution >= 4 is 21.7 Å². The molecule has 3 nitrogen and oxygen atoms in total. The molecule has 11 heavy (non-hydrogen) atoms. The van der Waals surface area contributed by atoms with Crippen LogP contribution in [0.2, 0.25) is 0 Å². The summed E-state index contributed by atoms with van der Waals surface area (Å²) in [6.45, 7) is -0.139. The Morgan fingerprint density at radius 1 is 1.64 bits per heavy atom. The summed E-state index contributed by atoms with van der Waals surface area (Å²) >= 11 is 5.13. The number of hydrogen-bond donors (Lipinski definition) is 0. The quantitative estimate of drug-likeness (QED) is 0.481. The van der Waals surface area contributed by atoms with Crippen LogP contribution in [-0.4, -0.2) is 21.3 Å². The topological polar surface area (TPSA) is 43.4 Å². The highest BCUT2D eigenvalue weighted by Gasteiger charge is 1.96. The molecule has 62 valence electrons. The maximum absolute atomic E-state index is 10.3. The zero-order valence-electron chi connectivity index (χ0n) is 5.87. The molecule has 0 aliphatic rings. The first-order valence-electron chi connectivity index (χ1n) is 2.64. The summed E-state index contributed by atoms with van der Waals surface area (Å²) in [6, 6.07) is 0. The van der Waals surface area contributed by atoms with Crippen LogP contribution >= 0.6 is 11.6 Å². The first kappa shape index (κ1) is 10.5. The molecule has 0 saturated carbocycles. The third kappa shape index (κ3) is 9.50.